The van der Waals surface area contributed by atoms with Gasteiger partial charge in [0, 0.05) is 24.0 Å². The highest BCUT2D eigenvalue weighted by Crippen LogP contribution is 2.42. The van der Waals surface area contributed by atoms with Gasteiger partial charge in [0.05, 0.1) is 44.1 Å². The molecule has 10 nitrogen and oxygen atoms in total. The molecule has 1 aliphatic heterocycles. The molecule has 11 heteroatoms. The molecule has 1 fully saturated rings. The van der Waals surface area contributed by atoms with Gasteiger partial charge in [-0.1, -0.05) is 11.3 Å². The second-order valence-corrected chi connectivity index (χ2v) is 8.12. The summed E-state index contributed by atoms with van der Waals surface area (Å²) in [6.07, 6.45) is 3.05. The zero-order chi connectivity index (χ0) is 22.2. The van der Waals surface area contributed by atoms with Crippen molar-refractivity contribution in [3.8, 4) is 27.8 Å². The quantitative estimate of drug-likeness (QED) is 0.598. The maximum Gasteiger partial charge on any atom is 0.416 e. The molecule has 5 rings (SSSR count). The molecule has 0 atom stereocenters. The average molecular weight is 455 g/mol. The first kappa shape index (κ1) is 20.3. The number of aromatic nitrogens is 3. The van der Waals surface area contributed by atoms with Crippen LogP contribution in [-0.4, -0.2) is 55.5 Å². The summed E-state index contributed by atoms with van der Waals surface area (Å²) in [5, 5.41) is 3.86. The lowest BCUT2D eigenvalue weighted by atomic mass is 10.00. The molecule has 1 amide bonds. The van der Waals surface area contributed by atoms with Gasteiger partial charge in [0.2, 0.25) is 11.7 Å². The zero-order valence-corrected chi connectivity index (χ0v) is 18.6. The lowest BCUT2D eigenvalue weighted by Gasteiger charge is -2.16. The number of rotatable bonds is 6. The molecule has 0 radical (unpaired) electrons. The Morgan fingerprint density at radius 1 is 1.09 bits per heavy atom. The smallest absolute Gasteiger partial charge is 0.416 e. The molecule has 0 saturated carbocycles. The third kappa shape index (κ3) is 3.44. The number of hydrogen-bond donors (Lipinski definition) is 1. The van der Waals surface area contributed by atoms with E-state index in [0.29, 0.717) is 47.2 Å². The Kier molecular flexibility index (Phi) is 5.17. The summed E-state index contributed by atoms with van der Waals surface area (Å²) >= 11 is 1.45. The van der Waals surface area contributed by atoms with Gasteiger partial charge in [0.25, 0.3) is 0 Å². The van der Waals surface area contributed by atoms with Crippen molar-refractivity contribution in [2.24, 2.45) is 0 Å². The van der Waals surface area contributed by atoms with Crippen LogP contribution in [-0.2, 0) is 17.6 Å². The number of nitrogens with zero attached hydrogens (tertiary/aromatic N) is 4. The van der Waals surface area contributed by atoms with E-state index in [1.165, 1.54) is 11.3 Å². The van der Waals surface area contributed by atoms with E-state index < -0.39 is 0 Å². The fourth-order valence-electron chi connectivity index (χ4n) is 3.76. The summed E-state index contributed by atoms with van der Waals surface area (Å²) in [4.78, 5) is 28.4. The van der Waals surface area contributed by atoms with Gasteiger partial charge in [-0.2, -0.15) is 0 Å². The van der Waals surface area contributed by atoms with E-state index in [2.05, 4.69) is 15.3 Å². The average Bonchev–Trinajstić information content (AvgIpc) is 3.44. The summed E-state index contributed by atoms with van der Waals surface area (Å²) in [6, 6.07) is 3.58. The van der Waals surface area contributed by atoms with Gasteiger partial charge in [-0.3, -0.25) is 0 Å². The van der Waals surface area contributed by atoms with Gasteiger partial charge in [-0.05, 0) is 18.4 Å². The van der Waals surface area contributed by atoms with Gasteiger partial charge >= 0.3 is 6.09 Å². The standard InChI is InChI=1S/C21H21N5O5S/c1-28-14-8-12(9-15(29-2)17(14)30-3)23-19-22-10-11-4-5-13-18(16(11)25-19)32-20(24-13)26-6-7-31-21(26)27/h8-10H,4-7H2,1-3H3,(H,22,23,25). The number of benzene rings is 1. The van der Waals surface area contributed by atoms with Crippen LogP contribution < -0.4 is 24.4 Å². The van der Waals surface area contributed by atoms with Crippen LogP contribution in [0.4, 0.5) is 21.6 Å². The molecule has 1 saturated heterocycles. The number of aryl methyl sites for hydroxylation is 2. The number of hydrogen-bond acceptors (Lipinski definition) is 10. The Bertz CT molecular complexity index is 1170. The number of thiazole rings is 1. The van der Waals surface area contributed by atoms with Crippen LogP contribution in [0.25, 0.3) is 10.6 Å². The normalized spacial score (nSPS) is 14.5. The maximum absolute atomic E-state index is 11.9. The van der Waals surface area contributed by atoms with E-state index in [1.54, 1.807) is 38.4 Å². The number of amides is 1. The summed E-state index contributed by atoms with van der Waals surface area (Å²) in [6.45, 7) is 0.889. The van der Waals surface area contributed by atoms with E-state index in [0.717, 1.165) is 34.7 Å². The Morgan fingerprint density at radius 3 is 2.53 bits per heavy atom. The number of ether oxygens (including phenoxy) is 4. The fraction of sp³-hybridized carbons (Fsp3) is 0.333. The molecule has 2 aliphatic rings. The van der Waals surface area contributed by atoms with Crippen LogP contribution in [0.2, 0.25) is 0 Å². The first-order chi connectivity index (χ1) is 15.6. The maximum atomic E-state index is 11.9. The molecule has 0 bridgehead atoms. The second-order valence-electron chi connectivity index (χ2n) is 7.14. The van der Waals surface area contributed by atoms with E-state index in [-0.39, 0.29) is 6.09 Å². The lowest BCUT2D eigenvalue weighted by molar-refractivity contribution is 0.181. The monoisotopic (exact) mass is 455 g/mol. The van der Waals surface area contributed by atoms with Gasteiger partial charge < -0.3 is 24.3 Å². The zero-order valence-electron chi connectivity index (χ0n) is 17.8. The number of carbonyl (C=O) groups excluding carboxylic acids is 1. The number of carbonyl (C=O) groups is 1. The molecule has 2 aromatic heterocycles. The van der Waals surface area contributed by atoms with Crippen molar-refractivity contribution in [2.75, 3.05) is 44.7 Å². The Labute approximate surface area is 188 Å². The van der Waals surface area contributed by atoms with Gasteiger partial charge in [0.15, 0.2) is 16.6 Å². The topological polar surface area (TPSA) is 108 Å². The minimum absolute atomic E-state index is 0.358. The van der Waals surface area contributed by atoms with Gasteiger partial charge in [0.1, 0.15) is 6.61 Å². The van der Waals surface area contributed by atoms with Crippen LogP contribution in [0.1, 0.15) is 11.3 Å². The molecule has 0 spiro atoms. The third-order valence-corrected chi connectivity index (χ3v) is 6.44. The Hall–Kier alpha value is -3.60. The Morgan fingerprint density at radius 2 is 1.88 bits per heavy atom. The number of anilines is 3. The molecule has 32 heavy (non-hydrogen) atoms. The summed E-state index contributed by atoms with van der Waals surface area (Å²) in [5.74, 6) is 1.99. The van der Waals surface area contributed by atoms with Crippen LogP contribution in [0.3, 0.4) is 0 Å². The summed E-state index contributed by atoms with van der Waals surface area (Å²) in [5.41, 5.74) is 3.51. The number of nitrogens with one attached hydrogen (secondary N) is 1. The fourth-order valence-corrected chi connectivity index (χ4v) is 4.91. The summed E-state index contributed by atoms with van der Waals surface area (Å²) in [7, 11) is 4.69. The van der Waals surface area contributed by atoms with Crippen molar-refractivity contribution in [2.45, 2.75) is 12.8 Å². The SMILES string of the molecule is COc1cc(Nc2ncc3c(n2)-c2sc(N4CCOC4=O)nc2CC3)cc(OC)c1OC. The second kappa shape index (κ2) is 8.15. The first-order valence-electron chi connectivity index (χ1n) is 9.98. The molecular formula is C21H21N5O5S. The highest BCUT2D eigenvalue weighted by molar-refractivity contribution is 7.19. The first-order valence-corrected chi connectivity index (χ1v) is 10.8. The Balaban J connectivity index is 1.48. The minimum atomic E-state index is -0.358. The molecule has 3 heterocycles. The molecule has 1 aliphatic carbocycles. The summed E-state index contributed by atoms with van der Waals surface area (Å²) < 4.78 is 21.3. The van der Waals surface area contributed by atoms with E-state index >= 15 is 0 Å². The van der Waals surface area contributed by atoms with Gasteiger partial charge in [-0.15, -0.1) is 0 Å². The largest absolute Gasteiger partial charge is 0.493 e. The minimum Gasteiger partial charge on any atom is -0.493 e. The van der Waals surface area contributed by atoms with E-state index in [9.17, 15) is 4.79 Å². The predicted octanol–water partition coefficient (Wildman–Crippen LogP) is 3.42. The van der Waals surface area contributed by atoms with E-state index in [1.807, 2.05) is 6.20 Å². The number of cyclic esters (lactones) is 1. The molecule has 3 aromatic rings. The molecule has 166 valence electrons. The molecule has 1 N–H and O–H groups in total. The van der Waals surface area contributed by atoms with Crippen molar-refractivity contribution in [3.05, 3.63) is 29.6 Å². The van der Waals surface area contributed by atoms with E-state index in [4.69, 9.17) is 23.9 Å². The van der Waals surface area contributed by atoms with Crippen molar-refractivity contribution in [1.82, 2.24) is 15.0 Å². The lowest BCUT2D eigenvalue weighted by Crippen LogP contribution is -2.23. The third-order valence-electron chi connectivity index (χ3n) is 5.31. The van der Waals surface area contributed by atoms with Crippen LogP contribution in [0.5, 0.6) is 17.2 Å². The van der Waals surface area contributed by atoms with Crippen molar-refractivity contribution in [1.29, 1.82) is 0 Å². The number of methoxy groups -OCH3 is 3. The number of fused-ring (bicyclic) bond motifs is 3. The van der Waals surface area contributed by atoms with Gasteiger partial charge in [-0.25, -0.2) is 24.6 Å². The van der Waals surface area contributed by atoms with Crippen molar-refractivity contribution < 1.29 is 23.7 Å². The van der Waals surface area contributed by atoms with Crippen LogP contribution in [0.15, 0.2) is 18.3 Å². The molecule has 0 unspecified atom stereocenters. The highest BCUT2D eigenvalue weighted by atomic mass is 32.1. The molecule has 1 aromatic carbocycles. The highest BCUT2D eigenvalue weighted by Gasteiger charge is 2.30. The molecular weight excluding hydrogens is 434 g/mol. The van der Waals surface area contributed by atoms with Crippen LogP contribution in [0, 0.1) is 0 Å². The predicted molar refractivity (Wildman–Crippen MR) is 119 cm³/mol. The van der Waals surface area contributed by atoms with Crippen molar-refractivity contribution in [3.63, 3.8) is 0 Å². The van der Waals surface area contributed by atoms with Crippen LogP contribution >= 0.6 is 11.3 Å². The van der Waals surface area contributed by atoms with Crippen molar-refractivity contribution >= 4 is 34.2 Å².